The highest BCUT2D eigenvalue weighted by Gasteiger charge is 2.32. The molecule has 4 heterocycles. The Balaban J connectivity index is 1.39. The summed E-state index contributed by atoms with van der Waals surface area (Å²) in [4.78, 5) is 11.7. The predicted molar refractivity (Wildman–Crippen MR) is 151 cm³/mol. The molecule has 3 aliphatic rings. The molecule has 1 saturated heterocycles. The van der Waals surface area contributed by atoms with Gasteiger partial charge in [0.05, 0.1) is 17.0 Å². The van der Waals surface area contributed by atoms with E-state index in [1.54, 1.807) is 0 Å². The summed E-state index contributed by atoms with van der Waals surface area (Å²) >= 11 is 0. The van der Waals surface area contributed by atoms with Crippen molar-refractivity contribution in [1.29, 1.82) is 5.41 Å². The van der Waals surface area contributed by atoms with Gasteiger partial charge in [-0.25, -0.2) is 4.98 Å². The van der Waals surface area contributed by atoms with Gasteiger partial charge < -0.3 is 15.5 Å². The van der Waals surface area contributed by atoms with Crippen molar-refractivity contribution in [3.05, 3.63) is 95.8 Å². The van der Waals surface area contributed by atoms with E-state index in [1.165, 1.54) is 5.56 Å². The third kappa shape index (κ3) is 4.63. The number of fused-ring (bicyclic) bond motifs is 1. The molecule has 2 aromatic carbocycles. The van der Waals surface area contributed by atoms with Crippen molar-refractivity contribution in [1.82, 2.24) is 20.1 Å². The molecule has 37 heavy (non-hydrogen) atoms. The second kappa shape index (κ2) is 9.84. The summed E-state index contributed by atoms with van der Waals surface area (Å²) in [5, 5.41) is 15.9. The molecule has 0 aliphatic carbocycles. The first-order chi connectivity index (χ1) is 18.1. The second-order valence-electron chi connectivity index (χ2n) is 10.0. The number of aromatic nitrogens is 1. The molecular formula is C30H33N7. The van der Waals surface area contributed by atoms with E-state index in [-0.39, 0.29) is 0 Å². The lowest BCUT2D eigenvalue weighted by Crippen LogP contribution is -2.48. The van der Waals surface area contributed by atoms with E-state index in [2.05, 4.69) is 82.0 Å². The number of hydrogen-bond acceptors (Lipinski definition) is 6. The molecule has 3 aliphatic heterocycles. The highest BCUT2D eigenvalue weighted by molar-refractivity contribution is 6.03. The number of likely N-dealkylation sites (N-methyl/N-ethyl adjacent to an activating group) is 1. The summed E-state index contributed by atoms with van der Waals surface area (Å²) in [6, 6.07) is 23.7. The van der Waals surface area contributed by atoms with Gasteiger partial charge in [0.1, 0.15) is 11.7 Å². The minimum absolute atomic E-state index is 0.496. The molecule has 3 aromatic rings. The third-order valence-corrected chi connectivity index (χ3v) is 7.24. The Labute approximate surface area is 218 Å². The van der Waals surface area contributed by atoms with Gasteiger partial charge in [0, 0.05) is 57.1 Å². The zero-order chi connectivity index (χ0) is 25.4. The van der Waals surface area contributed by atoms with E-state index in [0.29, 0.717) is 11.9 Å². The van der Waals surface area contributed by atoms with Crippen molar-refractivity contribution >= 4 is 23.0 Å². The number of piperazine rings is 1. The van der Waals surface area contributed by atoms with Crippen LogP contribution in [0.5, 0.6) is 0 Å². The molecule has 0 radical (unpaired) electrons. The molecule has 188 valence electrons. The van der Waals surface area contributed by atoms with Gasteiger partial charge >= 0.3 is 0 Å². The molecule has 0 amide bonds. The Hall–Kier alpha value is -3.94. The highest BCUT2D eigenvalue weighted by Crippen LogP contribution is 2.43. The van der Waals surface area contributed by atoms with Crippen molar-refractivity contribution in [2.45, 2.75) is 19.5 Å². The molecule has 7 nitrogen and oxygen atoms in total. The minimum Gasteiger partial charge on any atom is -0.356 e. The van der Waals surface area contributed by atoms with Crippen LogP contribution in [-0.2, 0) is 6.54 Å². The Kier molecular flexibility index (Phi) is 6.24. The fourth-order valence-corrected chi connectivity index (χ4v) is 5.27. The molecule has 0 saturated carbocycles. The minimum atomic E-state index is 0.496. The molecular weight excluding hydrogens is 458 g/mol. The van der Waals surface area contributed by atoms with Gasteiger partial charge in [0.2, 0.25) is 0 Å². The Morgan fingerprint density at radius 1 is 1.03 bits per heavy atom. The van der Waals surface area contributed by atoms with Crippen molar-refractivity contribution in [2.75, 3.05) is 43.4 Å². The van der Waals surface area contributed by atoms with E-state index < -0.39 is 0 Å². The van der Waals surface area contributed by atoms with Crippen molar-refractivity contribution in [2.24, 2.45) is 0 Å². The van der Waals surface area contributed by atoms with Crippen LogP contribution in [0.4, 0.5) is 17.2 Å². The van der Waals surface area contributed by atoms with Crippen LogP contribution in [0.15, 0.2) is 90.3 Å². The molecule has 1 atom stereocenters. The summed E-state index contributed by atoms with van der Waals surface area (Å²) in [6.45, 7) is 7.10. The number of pyridine rings is 1. The number of amidine groups is 1. The summed E-state index contributed by atoms with van der Waals surface area (Å²) in [7, 11) is 1.95. The van der Waals surface area contributed by atoms with Gasteiger partial charge in [0.15, 0.2) is 5.82 Å². The van der Waals surface area contributed by atoms with Gasteiger partial charge in [-0.3, -0.25) is 15.2 Å². The van der Waals surface area contributed by atoms with Gasteiger partial charge in [-0.1, -0.05) is 48.5 Å². The summed E-state index contributed by atoms with van der Waals surface area (Å²) < 4.78 is 0. The highest BCUT2D eigenvalue weighted by atomic mass is 15.4. The topological polar surface area (TPSA) is 70.5 Å². The van der Waals surface area contributed by atoms with Crippen LogP contribution in [0.2, 0.25) is 0 Å². The molecule has 1 aromatic heterocycles. The second-order valence-corrected chi connectivity index (χ2v) is 10.0. The van der Waals surface area contributed by atoms with E-state index in [1.807, 2.05) is 36.2 Å². The smallest absolute Gasteiger partial charge is 0.163 e. The monoisotopic (exact) mass is 491 g/mol. The largest absolute Gasteiger partial charge is 0.356 e. The zero-order valence-corrected chi connectivity index (χ0v) is 21.4. The van der Waals surface area contributed by atoms with Crippen molar-refractivity contribution in [3.8, 4) is 11.3 Å². The maximum absolute atomic E-state index is 8.77. The van der Waals surface area contributed by atoms with Crippen LogP contribution >= 0.6 is 0 Å². The number of benzene rings is 2. The fourth-order valence-electron chi connectivity index (χ4n) is 5.27. The van der Waals surface area contributed by atoms with E-state index in [0.717, 1.165) is 72.6 Å². The first kappa shape index (κ1) is 23.5. The standard InChI is InChI=1S/C30H33N7/c1-21-19-36(18-16-32-21)20-22-10-12-24(13-11-22)37-29(25-9-6-17-35(2)28(25)31)34-27-15-14-26(33-30(27)37)23-7-4-3-5-8-23/h3-15,21,31-32,34H,16-20H2,1-2H3/b29-25+,31-28?/t21-/m0/s1. The maximum atomic E-state index is 8.77. The molecule has 0 spiro atoms. The lowest BCUT2D eigenvalue weighted by molar-refractivity contribution is 0.199. The Bertz CT molecular complexity index is 1360. The van der Waals surface area contributed by atoms with Crippen LogP contribution < -0.4 is 15.5 Å². The third-order valence-electron chi connectivity index (χ3n) is 7.24. The lowest BCUT2D eigenvalue weighted by Gasteiger charge is -2.32. The van der Waals surface area contributed by atoms with Gasteiger partial charge in [-0.15, -0.1) is 0 Å². The van der Waals surface area contributed by atoms with Crippen molar-refractivity contribution < 1.29 is 0 Å². The quantitative estimate of drug-likeness (QED) is 0.487. The number of nitrogens with zero attached hydrogens (tertiary/aromatic N) is 4. The molecule has 1 fully saturated rings. The number of anilines is 3. The van der Waals surface area contributed by atoms with Crippen LogP contribution in [0.3, 0.4) is 0 Å². The van der Waals surface area contributed by atoms with Gasteiger partial charge in [0.25, 0.3) is 0 Å². The lowest BCUT2D eigenvalue weighted by atomic mass is 10.1. The Morgan fingerprint density at radius 2 is 1.84 bits per heavy atom. The average Bonchev–Trinajstić information content (AvgIpc) is 3.30. The number of rotatable bonds is 4. The molecule has 0 bridgehead atoms. The Morgan fingerprint density at radius 3 is 2.62 bits per heavy atom. The normalized spacial score (nSPS) is 21.8. The van der Waals surface area contributed by atoms with Crippen molar-refractivity contribution in [3.63, 3.8) is 0 Å². The average molecular weight is 492 g/mol. The number of nitrogens with one attached hydrogen (secondary N) is 3. The number of hydrogen-bond donors (Lipinski definition) is 3. The van der Waals surface area contributed by atoms with Crippen LogP contribution in [0.1, 0.15) is 12.5 Å². The fraction of sp³-hybridized carbons (Fsp3) is 0.267. The van der Waals surface area contributed by atoms with E-state index in [4.69, 9.17) is 10.4 Å². The first-order valence-corrected chi connectivity index (χ1v) is 13.0. The van der Waals surface area contributed by atoms with Gasteiger partial charge in [-0.2, -0.15) is 0 Å². The summed E-state index contributed by atoms with van der Waals surface area (Å²) in [5.41, 5.74) is 6.13. The van der Waals surface area contributed by atoms with Gasteiger partial charge in [-0.05, 0) is 42.8 Å². The van der Waals surface area contributed by atoms with Crippen LogP contribution in [-0.4, -0.2) is 59.9 Å². The maximum Gasteiger partial charge on any atom is 0.163 e. The summed E-state index contributed by atoms with van der Waals surface area (Å²) in [5.74, 6) is 2.21. The van der Waals surface area contributed by atoms with Crippen LogP contribution in [0, 0.1) is 5.41 Å². The zero-order valence-electron chi connectivity index (χ0n) is 21.4. The van der Waals surface area contributed by atoms with Crippen LogP contribution in [0.25, 0.3) is 11.3 Å². The summed E-state index contributed by atoms with van der Waals surface area (Å²) in [6.07, 6.45) is 4.14. The van der Waals surface area contributed by atoms with E-state index >= 15 is 0 Å². The predicted octanol–water partition coefficient (Wildman–Crippen LogP) is 4.80. The molecule has 6 rings (SSSR count). The molecule has 0 unspecified atom stereocenters. The SMILES string of the molecule is C[C@H]1CN(Cc2ccc(N3/C(=C4\C=CCN(C)C4=N)Nc4ccc(-c5ccccc5)nc43)cc2)CCN1. The first-order valence-electron chi connectivity index (χ1n) is 13.0. The molecule has 7 heteroatoms. The van der Waals surface area contributed by atoms with E-state index in [9.17, 15) is 0 Å². The molecule has 3 N–H and O–H groups in total.